The lowest BCUT2D eigenvalue weighted by molar-refractivity contribution is 0.326. The molecule has 6 aromatic carbocycles. The number of unbranched alkanes of at least 4 members (excludes halogenated alkanes) is 4. The minimum Gasteiger partial charge on any atom is -0.493 e. The second kappa shape index (κ2) is 37.6. The summed E-state index contributed by atoms with van der Waals surface area (Å²) in [5.41, 5.74) is 11.2. The molecule has 0 aliphatic carbocycles. The number of benzene rings is 6. The molecule has 0 amide bonds. The topological polar surface area (TPSA) is 98.1 Å². The number of fused-ring (bicyclic) bond motifs is 2. The van der Waals surface area contributed by atoms with E-state index in [1.807, 2.05) is 0 Å². The Labute approximate surface area is 451 Å². The first-order chi connectivity index (χ1) is 32.8. The Morgan fingerprint density at radius 1 is 0.338 bits per heavy atom. The molecular weight excluding hydrogens is 966 g/mol. The number of ether oxygens (including phenoxy) is 2. The molecule has 2 aliphatic heterocycles. The minimum atomic E-state index is 0. The van der Waals surface area contributed by atoms with Crippen molar-refractivity contribution in [1.29, 1.82) is 0 Å². The average molecular weight is 1050 g/mol. The van der Waals surface area contributed by atoms with Gasteiger partial charge >= 0.3 is 0 Å². The fraction of sp³-hybridized carbons (Fsp3) is 0.400. The first kappa shape index (κ1) is 63.0. The van der Waals surface area contributed by atoms with Gasteiger partial charge in [-0.1, -0.05) is 146 Å². The third-order valence-electron chi connectivity index (χ3n) is 13.0. The van der Waals surface area contributed by atoms with Gasteiger partial charge in [0.2, 0.25) is 0 Å². The van der Waals surface area contributed by atoms with E-state index in [-0.39, 0.29) is 55.1 Å². The lowest BCUT2D eigenvalue weighted by Crippen LogP contribution is -2.23. The highest BCUT2D eigenvalue weighted by atomic mass is 35.5. The standard InChI is InChI=1S/2C30H38N2O.4ClH.H2O/c2*1-3-11-25(12-4-1)15-7-9-19-31-22-27-17-18-30-29(21-27)28(24-33-30)23-32-20-10-8-16-26-13-5-2-6-14-26;;;;;/h2*1-6,11-14,17-18,21,28,31-32H,7-10,15-16,19-20,22-24H2;4*1H;1H2. The van der Waals surface area contributed by atoms with Crippen molar-refractivity contribution in [3.8, 4) is 11.5 Å². The Hall–Kier alpha value is -4.12. The van der Waals surface area contributed by atoms with Crippen molar-refractivity contribution in [1.82, 2.24) is 21.3 Å². The maximum atomic E-state index is 5.94. The van der Waals surface area contributed by atoms with E-state index in [2.05, 4.69) is 179 Å². The number of rotatable bonds is 28. The molecule has 71 heavy (non-hydrogen) atoms. The smallest absolute Gasteiger partial charge is 0.122 e. The molecule has 6 N–H and O–H groups in total. The summed E-state index contributed by atoms with van der Waals surface area (Å²) in [6.45, 7) is 9.71. The summed E-state index contributed by atoms with van der Waals surface area (Å²) in [6.07, 6.45) is 14.4. The zero-order valence-electron chi connectivity index (χ0n) is 41.7. The molecule has 0 saturated carbocycles. The lowest BCUT2D eigenvalue weighted by atomic mass is 9.99. The molecule has 8 rings (SSSR count). The van der Waals surface area contributed by atoms with Crippen LogP contribution in [-0.4, -0.2) is 58.0 Å². The second-order valence-corrected chi connectivity index (χ2v) is 18.3. The van der Waals surface area contributed by atoms with E-state index in [4.69, 9.17) is 9.47 Å². The average Bonchev–Trinajstić information content (AvgIpc) is 3.97. The summed E-state index contributed by atoms with van der Waals surface area (Å²) < 4.78 is 11.9. The van der Waals surface area contributed by atoms with Crippen LogP contribution in [0.3, 0.4) is 0 Å². The van der Waals surface area contributed by atoms with E-state index in [1.165, 1.54) is 122 Å². The van der Waals surface area contributed by atoms with E-state index in [0.717, 1.165) is 77.1 Å². The predicted octanol–water partition coefficient (Wildman–Crippen LogP) is 12.6. The van der Waals surface area contributed by atoms with Crippen molar-refractivity contribution in [3.63, 3.8) is 0 Å². The van der Waals surface area contributed by atoms with Crippen LogP contribution in [0.4, 0.5) is 0 Å². The fourth-order valence-electron chi connectivity index (χ4n) is 9.13. The molecule has 0 spiro atoms. The first-order valence-corrected chi connectivity index (χ1v) is 25.3. The van der Waals surface area contributed by atoms with Gasteiger partial charge in [0, 0.05) is 49.1 Å². The van der Waals surface area contributed by atoms with Crippen molar-refractivity contribution in [2.24, 2.45) is 0 Å². The lowest BCUT2D eigenvalue weighted by Gasteiger charge is -2.12. The second-order valence-electron chi connectivity index (χ2n) is 18.3. The van der Waals surface area contributed by atoms with Gasteiger partial charge in [0.1, 0.15) is 11.5 Å². The van der Waals surface area contributed by atoms with E-state index in [1.54, 1.807) is 0 Å². The van der Waals surface area contributed by atoms with Gasteiger partial charge in [-0.25, -0.2) is 0 Å². The Balaban J connectivity index is 0.000000455. The molecule has 0 saturated heterocycles. The van der Waals surface area contributed by atoms with E-state index in [9.17, 15) is 0 Å². The maximum absolute atomic E-state index is 5.94. The highest BCUT2D eigenvalue weighted by molar-refractivity contribution is 5.86. The van der Waals surface area contributed by atoms with Gasteiger partial charge < -0.3 is 36.2 Å². The largest absolute Gasteiger partial charge is 0.493 e. The summed E-state index contributed by atoms with van der Waals surface area (Å²) >= 11 is 0. The van der Waals surface area contributed by atoms with Crippen LogP contribution in [0.5, 0.6) is 11.5 Å². The zero-order chi connectivity index (χ0) is 45.1. The molecule has 2 heterocycles. The Bertz CT molecular complexity index is 2070. The van der Waals surface area contributed by atoms with Gasteiger partial charge in [-0.15, -0.1) is 49.6 Å². The Morgan fingerprint density at radius 2 is 0.634 bits per heavy atom. The molecule has 0 fully saturated rings. The van der Waals surface area contributed by atoms with E-state index >= 15 is 0 Å². The molecule has 0 radical (unpaired) electrons. The summed E-state index contributed by atoms with van der Waals surface area (Å²) in [7, 11) is 0. The van der Waals surface area contributed by atoms with Crippen LogP contribution in [0.15, 0.2) is 158 Å². The molecule has 6 aromatic rings. The minimum absolute atomic E-state index is 0. The highest BCUT2D eigenvalue weighted by Crippen LogP contribution is 2.35. The molecule has 0 bridgehead atoms. The molecule has 2 atom stereocenters. The normalized spacial score (nSPS) is 13.7. The van der Waals surface area contributed by atoms with Gasteiger partial charge in [-0.3, -0.25) is 0 Å². The van der Waals surface area contributed by atoms with Gasteiger partial charge in [0.05, 0.1) is 13.2 Å². The van der Waals surface area contributed by atoms with Gasteiger partial charge in [-0.05, 0) is 149 Å². The summed E-state index contributed by atoms with van der Waals surface area (Å²) in [5, 5.41) is 14.6. The van der Waals surface area contributed by atoms with Crippen LogP contribution in [0.2, 0.25) is 0 Å². The summed E-state index contributed by atoms with van der Waals surface area (Å²) in [4.78, 5) is 0. The van der Waals surface area contributed by atoms with E-state index in [0.29, 0.717) is 11.8 Å². The zero-order valence-corrected chi connectivity index (χ0v) is 44.9. The summed E-state index contributed by atoms with van der Waals surface area (Å²) in [5.74, 6) is 3.05. The number of aryl methyl sites for hydroxylation is 4. The first-order valence-electron chi connectivity index (χ1n) is 25.3. The molecule has 388 valence electrons. The third kappa shape index (κ3) is 23.1. The van der Waals surface area contributed by atoms with Crippen molar-refractivity contribution >= 4 is 49.6 Å². The maximum Gasteiger partial charge on any atom is 0.122 e. The SMILES string of the molecule is Cl.Cl.Cl.Cl.O.c1ccc(CCCCNCc2ccc3c(c2)C(CNCCCCc2ccccc2)CO3)cc1.c1ccc(CCCCNCc2ccc3c(c2)C(CNCCCCc2ccccc2)CO3)cc1. The van der Waals surface area contributed by atoms with Crippen molar-refractivity contribution in [2.45, 2.75) is 102 Å². The number of halogens is 4. The van der Waals surface area contributed by atoms with Crippen LogP contribution < -0.4 is 30.7 Å². The van der Waals surface area contributed by atoms with Gasteiger partial charge in [0.15, 0.2) is 0 Å². The molecule has 2 unspecified atom stereocenters. The van der Waals surface area contributed by atoms with E-state index < -0.39 is 0 Å². The number of hydrogen-bond acceptors (Lipinski definition) is 6. The number of nitrogens with one attached hydrogen (secondary N) is 4. The molecule has 11 heteroatoms. The molecule has 0 aromatic heterocycles. The summed E-state index contributed by atoms with van der Waals surface area (Å²) in [6, 6.07) is 56.5. The van der Waals surface area contributed by atoms with Crippen LogP contribution in [0.1, 0.15) is 108 Å². The van der Waals surface area contributed by atoms with Crippen LogP contribution in [0.25, 0.3) is 0 Å². The quantitative estimate of drug-likeness (QED) is 0.0366. The van der Waals surface area contributed by atoms with Crippen molar-refractivity contribution < 1.29 is 14.9 Å². The molecular formula is C60H82Cl4N4O3. The Kier molecular flexibility index (Phi) is 33.4. The van der Waals surface area contributed by atoms with Crippen LogP contribution >= 0.6 is 49.6 Å². The van der Waals surface area contributed by atoms with Gasteiger partial charge in [0.25, 0.3) is 0 Å². The van der Waals surface area contributed by atoms with Crippen LogP contribution in [0, 0.1) is 0 Å². The van der Waals surface area contributed by atoms with Crippen molar-refractivity contribution in [3.05, 3.63) is 202 Å². The predicted molar refractivity (Wildman–Crippen MR) is 309 cm³/mol. The molecule has 7 nitrogen and oxygen atoms in total. The van der Waals surface area contributed by atoms with Gasteiger partial charge in [-0.2, -0.15) is 0 Å². The fourth-order valence-corrected chi connectivity index (χ4v) is 9.13. The number of hydrogen-bond donors (Lipinski definition) is 4. The monoisotopic (exact) mass is 1050 g/mol. The highest BCUT2D eigenvalue weighted by Gasteiger charge is 2.25. The van der Waals surface area contributed by atoms with Crippen LogP contribution in [-0.2, 0) is 38.8 Å². The third-order valence-corrected chi connectivity index (χ3v) is 13.0. The molecule has 2 aliphatic rings. The Morgan fingerprint density at radius 3 is 0.944 bits per heavy atom. The van der Waals surface area contributed by atoms with Crippen molar-refractivity contribution in [2.75, 3.05) is 52.5 Å².